The van der Waals surface area contributed by atoms with E-state index >= 15 is 0 Å². The number of hydrogen-bond acceptors (Lipinski definition) is 3. The van der Waals surface area contributed by atoms with Gasteiger partial charge in [-0.1, -0.05) is 18.2 Å². The monoisotopic (exact) mass is 220 g/mol. The average molecular weight is 220 g/mol. The van der Waals surface area contributed by atoms with E-state index in [2.05, 4.69) is 10.6 Å². The summed E-state index contributed by atoms with van der Waals surface area (Å²) in [6.07, 6.45) is 1.20. The molecule has 2 rings (SSSR count). The fraction of sp³-hybridized carbons (Fsp3) is 0. The van der Waals surface area contributed by atoms with E-state index in [4.69, 9.17) is 0 Å². The van der Waals surface area contributed by atoms with Crippen molar-refractivity contribution in [1.29, 1.82) is 0 Å². The minimum absolute atomic E-state index is 0.598. The van der Waals surface area contributed by atoms with Gasteiger partial charge in [-0.05, 0) is 6.07 Å². The molecule has 15 heavy (non-hydrogen) atoms. The fourth-order valence-electron chi connectivity index (χ4n) is 1.40. The lowest BCUT2D eigenvalue weighted by Gasteiger charge is -1.99. The van der Waals surface area contributed by atoms with Crippen LogP contribution in [0.5, 0.6) is 0 Å². The third-order valence-electron chi connectivity index (χ3n) is 1.99. The largest absolute Gasteiger partial charge is 0.326 e. The van der Waals surface area contributed by atoms with E-state index in [1.165, 1.54) is 11.3 Å². The van der Waals surface area contributed by atoms with E-state index < -0.39 is 0 Å². The lowest BCUT2D eigenvalue weighted by molar-refractivity contribution is -0.106. The number of amides is 2. The van der Waals surface area contributed by atoms with Crippen LogP contribution >= 0.6 is 11.3 Å². The van der Waals surface area contributed by atoms with Gasteiger partial charge in [0.15, 0.2) is 0 Å². The highest BCUT2D eigenvalue weighted by Crippen LogP contribution is 2.39. The minimum atomic E-state index is 0.598. The van der Waals surface area contributed by atoms with Crippen LogP contribution in [0.2, 0.25) is 0 Å². The van der Waals surface area contributed by atoms with Crippen LogP contribution < -0.4 is 10.6 Å². The van der Waals surface area contributed by atoms with E-state index in [9.17, 15) is 9.59 Å². The molecule has 2 amide bonds. The molecular weight excluding hydrogens is 212 g/mol. The van der Waals surface area contributed by atoms with Crippen molar-refractivity contribution in [3.63, 3.8) is 0 Å². The molecule has 1 aromatic carbocycles. The summed E-state index contributed by atoms with van der Waals surface area (Å²) in [6, 6.07) is 7.63. The molecule has 0 saturated carbocycles. The highest BCUT2D eigenvalue weighted by Gasteiger charge is 2.10. The molecule has 0 spiro atoms. The van der Waals surface area contributed by atoms with Gasteiger partial charge in [0, 0.05) is 10.1 Å². The van der Waals surface area contributed by atoms with Gasteiger partial charge in [-0.3, -0.25) is 9.59 Å². The Bertz CT molecular complexity index is 507. The number of carbonyl (C=O) groups excluding carboxylic acids is 2. The summed E-state index contributed by atoms with van der Waals surface area (Å²) in [6.45, 7) is 0. The molecule has 0 aliphatic carbocycles. The van der Waals surface area contributed by atoms with Gasteiger partial charge >= 0.3 is 0 Å². The van der Waals surface area contributed by atoms with Gasteiger partial charge in [0.25, 0.3) is 0 Å². The van der Waals surface area contributed by atoms with Crippen molar-refractivity contribution in [2.24, 2.45) is 0 Å². The van der Waals surface area contributed by atoms with Crippen LogP contribution in [-0.2, 0) is 9.59 Å². The quantitative estimate of drug-likeness (QED) is 0.774. The molecule has 1 heterocycles. The fourth-order valence-corrected chi connectivity index (χ4v) is 2.43. The first-order chi connectivity index (χ1) is 7.36. The van der Waals surface area contributed by atoms with E-state index in [1.54, 1.807) is 0 Å². The predicted octanol–water partition coefficient (Wildman–Crippen LogP) is 2.04. The summed E-state index contributed by atoms with van der Waals surface area (Å²) in [7, 11) is 0. The zero-order chi connectivity index (χ0) is 10.7. The van der Waals surface area contributed by atoms with Crippen molar-refractivity contribution in [2.45, 2.75) is 0 Å². The van der Waals surface area contributed by atoms with Gasteiger partial charge in [-0.15, -0.1) is 11.3 Å². The third kappa shape index (κ3) is 1.69. The van der Waals surface area contributed by atoms with Gasteiger partial charge in [0.1, 0.15) is 5.00 Å². The summed E-state index contributed by atoms with van der Waals surface area (Å²) in [5, 5.41) is 6.74. The van der Waals surface area contributed by atoms with Crippen LogP contribution in [0.25, 0.3) is 10.1 Å². The molecule has 2 N–H and O–H groups in total. The molecule has 5 heteroatoms. The number of thiophene rings is 1. The number of benzene rings is 1. The molecule has 0 aliphatic rings. The standard InChI is InChI=1S/C10H8N2O2S/c13-5-11-9-7-3-1-2-4-8(7)15-10(9)12-6-14/h1-6H,(H,11,13)(H,12,14). The molecule has 76 valence electrons. The maximum absolute atomic E-state index is 10.4. The molecule has 0 unspecified atom stereocenters. The van der Waals surface area contributed by atoms with Gasteiger partial charge in [-0.25, -0.2) is 0 Å². The molecule has 2 aromatic rings. The second-order valence-electron chi connectivity index (χ2n) is 2.83. The zero-order valence-corrected chi connectivity index (χ0v) is 8.51. The molecule has 0 aliphatic heterocycles. The topological polar surface area (TPSA) is 58.2 Å². The zero-order valence-electron chi connectivity index (χ0n) is 7.69. The van der Waals surface area contributed by atoms with E-state index in [0.29, 0.717) is 23.5 Å². The Hall–Kier alpha value is -1.88. The molecule has 1 aromatic heterocycles. The number of rotatable bonds is 4. The maximum Gasteiger partial charge on any atom is 0.212 e. The molecule has 0 atom stereocenters. The number of carbonyl (C=O) groups is 2. The Kier molecular flexibility index (Phi) is 2.64. The van der Waals surface area contributed by atoms with Gasteiger partial charge < -0.3 is 10.6 Å². The Morgan fingerprint density at radius 1 is 1.07 bits per heavy atom. The van der Waals surface area contributed by atoms with Gasteiger partial charge in [-0.2, -0.15) is 0 Å². The first kappa shape index (κ1) is 9.67. The first-order valence-electron chi connectivity index (χ1n) is 4.28. The Labute approximate surface area is 89.9 Å². The van der Waals surface area contributed by atoms with Crippen LogP contribution in [0.3, 0.4) is 0 Å². The second kappa shape index (κ2) is 4.10. The number of hydrogen-bond donors (Lipinski definition) is 2. The maximum atomic E-state index is 10.4. The lowest BCUT2D eigenvalue weighted by Crippen LogP contribution is -1.98. The van der Waals surface area contributed by atoms with Crippen LogP contribution in [0, 0.1) is 0 Å². The smallest absolute Gasteiger partial charge is 0.212 e. The number of anilines is 2. The summed E-state index contributed by atoms with van der Waals surface area (Å²) < 4.78 is 1.02. The van der Waals surface area contributed by atoms with Crippen molar-refractivity contribution in [3.8, 4) is 0 Å². The summed E-state index contributed by atoms with van der Waals surface area (Å²) in [5.41, 5.74) is 0.651. The van der Waals surface area contributed by atoms with Gasteiger partial charge in [0.2, 0.25) is 12.8 Å². The highest BCUT2D eigenvalue weighted by molar-refractivity contribution is 7.23. The van der Waals surface area contributed by atoms with Crippen molar-refractivity contribution in [3.05, 3.63) is 24.3 Å². The van der Waals surface area contributed by atoms with Crippen molar-refractivity contribution < 1.29 is 9.59 Å². The van der Waals surface area contributed by atoms with Crippen molar-refractivity contribution in [2.75, 3.05) is 10.6 Å². The Morgan fingerprint density at radius 3 is 2.53 bits per heavy atom. The summed E-state index contributed by atoms with van der Waals surface area (Å²) in [5.74, 6) is 0. The number of fused-ring (bicyclic) bond motifs is 1. The van der Waals surface area contributed by atoms with Crippen LogP contribution in [0.4, 0.5) is 10.7 Å². The van der Waals surface area contributed by atoms with Crippen LogP contribution in [0.15, 0.2) is 24.3 Å². The van der Waals surface area contributed by atoms with Crippen molar-refractivity contribution >= 4 is 44.9 Å². The van der Waals surface area contributed by atoms with E-state index in [-0.39, 0.29) is 0 Å². The Morgan fingerprint density at radius 2 is 1.80 bits per heavy atom. The predicted molar refractivity (Wildman–Crippen MR) is 61.2 cm³/mol. The molecule has 0 saturated heterocycles. The molecular formula is C10H8N2O2S. The molecule has 4 nitrogen and oxygen atoms in total. The number of nitrogens with one attached hydrogen (secondary N) is 2. The second-order valence-corrected chi connectivity index (χ2v) is 3.88. The molecule has 0 bridgehead atoms. The van der Waals surface area contributed by atoms with E-state index in [1.807, 2.05) is 24.3 Å². The minimum Gasteiger partial charge on any atom is -0.326 e. The summed E-state index contributed by atoms with van der Waals surface area (Å²) >= 11 is 1.42. The van der Waals surface area contributed by atoms with Crippen LogP contribution in [0.1, 0.15) is 0 Å². The van der Waals surface area contributed by atoms with Crippen LogP contribution in [-0.4, -0.2) is 12.8 Å². The van der Waals surface area contributed by atoms with Crippen molar-refractivity contribution in [1.82, 2.24) is 0 Å². The third-order valence-corrected chi connectivity index (χ3v) is 3.09. The Balaban J connectivity index is 2.62. The van der Waals surface area contributed by atoms with E-state index in [0.717, 1.165) is 10.1 Å². The highest BCUT2D eigenvalue weighted by atomic mass is 32.1. The first-order valence-corrected chi connectivity index (χ1v) is 5.10. The average Bonchev–Trinajstić information content (AvgIpc) is 2.59. The molecule has 0 fully saturated rings. The lowest BCUT2D eigenvalue weighted by atomic mass is 10.2. The normalized spacial score (nSPS) is 9.87. The molecule has 0 radical (unpaired) electrons. The summed E-state index contributed by atoms with van der Waals surface area (Å²) in [4.78, 5) is 20.8. The SMILES string of the molecule is O=CNc1sc2ccccc2c1NC=O. The van der Waals surface area contributed by atoms with Gasteiger partial charge in [0.05, 0.1) is 5.69 Å².